The Morgan fingerprint density at radius 1 is 1.55 bits per heavy atom. The van der Waals surface area contributed by atoms with Crippen molar-refractivity contribution in [1.82, 2.24) is 10.9 Å². The zero-order chi connectivity index (χ0) is 7.68. The van der Waals surface area contributed by atoms with Crippen molar-refractivity contribution in [2.24, 2.45) is 5.92 Å². The van der Waals surface area contributed by atoms with Crippen LogP contribution in [-0.2, 0) is 0 Å². The second kappa shape index (κ2) is 2.97. The molecule has 11 heavy (non-hydrogen) atoms. The predicted molar refractivity (Wildman–Crippen MR) is 46.1 cm³/mol. The Bertz CT molecular complexity index is 210. The molecular weight excluding hydrogens is 160 g/mol. The molecule has 2 N–H and O–H groups in total. The lowest BCUT2D eigenvalue weighted by atomic mass is 9.91. The van der Waals surface area contributed by atoms with Crippen LogP contribution in [0, 0.1) is 5.92 Å². The van der Waals surface area contributed by atoms with Gasteiger partial charge in [0, 0.05) is 23.5 Å². The third-order valence-electron chi connectivity index (χ3n) is 2.17. The topological polar surface area (TPSA) is 24.1 Å². The van der Waals surface area contributed by atoms with E-state index in [0.717, 1.165) is 18.0 Å². The normalized spacial score (nSPS) is 36.3. The number of hydrogen-bond acceptors (Lipinski definition) is 2. The Morgan fingerprint density at radius 3 is 3.36 bits per heavy atom. The lowest BCUT2D eigenvalue weighted by Crippen LogP contribution is -2.50. The molecule has 1 aliphatic heterocycles. The lowest BCUT2D eigenvalue weighted by molar-refractivity contribution is 0.322. The first kappa shape index (κ1) is 7.35. The molecule has 0 aromatic rings. The number of hydrogen-bond donors (Lipinski definition) is 2. The molecule has 2 nitrogen and oxygen atoms in total. The summed E-state index contributed by atoms with van der Waals surface area (Å²) in [6.45, 7) is 1.02. The molecule has 0 bridgehead atoms. The molecule has 60 valence electrons. The van der Waals surface area contributed by atoms with E-state index in [-0.39, 0.29) is 0 Å². The number of rotatable bonds is 0. The average Bonchev–Trinajstić information content (AvgIpc) is 2.04. The summed E-state index contributed by atoms with van der Waals surface area (Å²) in [4.78, 5) is 0. The van der Waals surface area contributed by atoms with E-state index in [1.807, 2.05) is 6.08 Å². The second-order valence-electron chi connectivity index (χ2n) is 2.96. The summed E-state index contributed by atoms with van der Waals surface area (Å²) in [6.07, 6.45) is 7.35. The predicted octanol–water partition coefficient (Wildman–Crippen LogP) is 1.16. The first-order valence-electron chi connectivity index (χ1n) is 3.90. The van der Waals surface area contributed by atoms with Gasteiger partial charge in [0.15, 0.2) is 0 Å². The van der Waals surface area contributed by atoms with Crippen molar-refractivity contribution in [3.05, 3.63) is 23.3 Å². The van der Waals surface area contributed by atoms with E-state index in [9.17, 15) is 0 Å². The van der Waals surface area contributed by atoms with Crippen LogP contribution in [0.3, 0.4) is 0 Å². The van der Waals surface area contributed by atoms with E-state index in [2.05, 4.69) is 23.0 Å². The highest BCUT2D eigenvalue weighted by Crippen LogP contribution is 2.23. The van der Waals surface area contributed by atoms with Gasteiger partial charge in [-0.3, -0.25) is 10.9 Å². The standard InChI is InChI=1S/C8H11ClN2/c9-7-1-2-8-6(5-7)3-4-10-11-8/h1-2,5-6,8,10-11H,3-4H2. The van der Waals surface area contributed by atoms with Crippen molar-refractivity contribution >= 4 is 11.6 Å². The van der Waals surface area contributed by atoms with Crippen LogP contribution in [0.4, 0.5) is 0 Å². The third kappa shape index (κ3) is 1.48. The van der Waals surface area contributed by atoms with E-state index in [0.29, 0.717) is 12.0 Å². The van der Waals surface area contributed by atoms with Gasteiger partial charge in [-0.25, -0.2) is 0 Å². The van der Waals surface area contributed by atoms with Crippen molar-refractivity contribution in [3.63, 3.8) is 0 Å². The molecule has 0 amide bonds. The summed E-state index contributed by atoms with van der Waals surface area (Å²) in [7, 11) is 0. The summed E-state index contributed by atoms with van der Waals surface area (Å²) in [5, 5.41) is 0.870. The Labute approximate surface area is 71.3 Å². The molecule has 2 unspecified atom stereocenters. The van der Waals surface area contributed by atoms with Crippen LogP contribution in [0.25, 0.3) is 0 Å². The monoisotopic (exact) mass is 170 g/mol. The average molecular weight is 171 g/mol. The smallest absolute Gasteiger partial charge is 0.0460 e. The third-order valence-corrected chi connectivity index (χ3v) is 2.42. The lowest BCUT2D eigenvalue weighted by Gasteiger charge is -2.31. The van der Waals surface area contributed by atoms with Crippen LogP contribution < -0.4 is 10.9 Å². The number of nitrogens with one attached hydrogen (secondary N) is 2. The van der Waals surface area contributed by atoms with Crippen LogP contribution in [0.15, 0.2) is 23.3 Å². The van der Waals surface area contributed by atoms with Gasteiger partial charge in [0.1, 0.15) is 0 Å². The summed E-state index contributed by atoms with van der Waals surface area (Å²) < 4.78 is 0. The molecular formula is C8H11ClN2. The largest absolute Gasteiger partial charge is 0.257 e. The molecule has 1 saturated heterocycles. The highest BCUT2D eigenvalue weighted by Gasteiger charge is 2.22. The van der Waals surface area contributed by atoms with Gasteiger partial charge in [-0.05, 0) is 12.5 Å². The highest BCUT2D eigenvalue weighted by molar-refractivity contribution is 6.31. The fraction of sp³-hybridized carbons (Fsp3) is 0.500. The Balaban J connectivity index is 2.13. The molecule has 3 heteroatoms. The molecule has 1 heterocycles. The minimum absolute atomic E-state index is 0.436. The second-order valence-corrected chi connectivity index (χ2v) is 3.40. The van der Waals surface area contributed by atoms with Crippen LogP contribution in [0.5, 0.6) is 0 Å². The minimum atomic E-state index is 0.436. The maximum Gasteiger partial charge on any atom is 0.0460 e. The summed E-state index contributed by atoms with van der Waals surface area (Å²) >= 11 is 5.86. The number of fused-ring (bicyclic) bond motifs is 1. The molecule has 0 radical (unpaired) electrons. The highest BCUT2D eigenvalue weighted by atomic mass is 35.5. The summed E-state index contributed by atoms with van der Waals surface area (Å²) in [6, 6.07) is 0.436. The van der Waals surface area contributed by atoms with Crippen molar-refractivity contribution in [3.8, 4) is 0 Å². The molecule has 1 aliphatic carbocycles. The zero-order valence-corrected chi connectivity index (χ0v) is 6.93. The van der Waals surface area contributed by atoms with E-state index < -0.39 is 0 Å². The molecule has 1 fully saturated rings. The van der Waals surface area contributed by atoms with Gasteiger partial charge in [-0.1, -0.05) is 23.8 Å². The van der Waals surface area contributed by atoms with E-state index in [4.69, 9.17) is 11.6 Å². The van der Waals surface area contributed by atoms with Crippen molar-refractivity contribution in [1.29, 1.82) is 0 Å². The summed E-state index contributed by atoms with van der Waals surface area (Å²) in [5.41, 5.74) is 6.33. The van der Waals surface area contributed by atoms with Gasteiger partial charge in [-0.15, -0.1) is 0 Å². The summed E-state index contributed by atoms with van der Waals surface area (Å²) in [5.74, 6) is 0.578. The fourth-order valence-corrected chi connectivity index (χ4v) is 1.78. The minimum Gasteiger partial charge on any atom is -0.257 e. The molecule has 0 aromatic heterocycles. The van der Waals surface area contributed by atoms with Crippen molar-refractivity contribution in [2.75, 3.05) is 6.54 Å². The van der Waals surface area contributed by atoms with Crippen LogP contribution in [0.1, 0.15) is 6.42 Å². The maximum atomic E-state index is 5.86. The van der Waals surface area contributed by atoms with Gasteiger partial charge in [0.05, 0.1) is 0 Å². The van der Waals surface area contributed by atoms with Crippen molar-refractivity contribution in [2.45, 2.75) is 12.5 Å². The Morgan fingerprint density at radius 2 is 2.45 bits per heavy atom. The molecule has 0 aromatic carbocycles. The molecule has 2 aliphatic rings. The SMILES string of the molecule is ClC1=CC2CCNNC2C=C1. The molecule has 2 atom stereocenters. The van der Waals surface area contributed by atoms with E-state index >= 15 is 0 Å². The van der Waals surface area contributed by atoms with Crippen LogP contribution in [0.2, 0.25) is 0 Å². The maximum absolute atomic E-state index is 5.86. The Hall–Kier alpha value is -0.310. The fourth-order valence-electron chi connectivity index (χ4n) is 1.55. The quantitative estimate of drug-likeness (QED) is 0.570. The molecule has 0 spiro atoms. The van der Waals surface area contributed by atoms with Crippen LogP contribution in [-0.4, -0.2) is 12.6 Å². The number of halogens is 1. The molecule has 0 saturated carbocycles. The van der Waals surface area contributed by atoms with Gasteiger partial charge in [0.2, 0.25) is 0 Å². The number of allylic oxidation sites excluding steroid dienone is 2. The van der Waals surface area contributed by atoms with Crippen molar-refractivity contribution < 1.29 is 0 Å². The van der Waals surface area contributed by atoms with Gasteiger partial charge in [0.25, 0.3) is 0 Å². The molecule has 2 rings (SSSR count). The van der Waals surface area contributed by atoms with Gasteiger partial charge >= 0.3 is 0 Å². The first-order chi connectivity index (χ1) is 5.36. The zero-order valence-electron chi connectivity index (χ0n) is 6.18. The van der Waals surface area contributed by atoms with E-state index in [1.54, 1.807) is 0 Å². The van der Waals surface area contributed by atoms with Gasteiger partial charge < -0.3 is 0 Å². The number of hydrazine groups is 1. The first-order valence-corrected chi connectivity index (χ1v) is 4.28. The van der Waals surface area contributed by atoms with E-state index in [1.165, 1.54) is 0 Å². The Kier molecular flexibility index (Phi) is 1.98. The van der Waals surface area contributed by atoms with Crippen LogP contribution >= 0.6 is 11.6 Å². The van der Waals surface area contributed by atoms with Gasteiger partial charge in [-0.2, -0.15) is 0 Å².